The Morgan fingerprint density at radius 3 is 2.75 bits per heavy atom. The fraction of sp³-hybridized carbons (Fsp3) is 0.500. The van der Waals surface area contributed by atoms with Crippen LogP contribution in [0.2, 0.25) is 0 Å². The lowest BCUT2D eigenvalue weighted by atomic mass is 10.0. The van der Waals surface area contributed by atoms with Gasteiger partial charge in [0.05, 0.1) is 0 Å². The number of benzene rings is 1. The molecule has 1 saturated heterocycles. The first kappa shape index (κ1) is 18.1. The van der Waals surface area contributed by atoms with Crippen molar-refractivity contribution in [1.82, 2.24) is 4.90 Å². The smallest absolute Gasteiger partial charge is 0.406 e. The molecule has 1 atom stereocenters. The molecule has 1 unspecified atom stereocenters. The number of halogens is 3. The lowest BCUT2D eigenvalue weighted by Gasteiger charge is -2.34. The third-order valence-electron chi connectivity index (χ3n) is 3.76. The Morgan fingerprint density at radius 2 is 2.08 bits per heavy atom. The molecule has 5 nitrogen and oxygen atoms in total. The average molecular weight is 344 g/mol. The number of carbonyl (C=O) groups excluding carboxylic acids is 2. The van der Waals surface area contributed by atoms with Gasteiger partial charge in [-0.3, -0.25) is 9.59 Å². The molecule has 132 valence electrons. The van der Waals surface area contributed by atoms with Gasteiger partial charge in [-0.2, -0.15) is 0 Å². The molecule has 2 rings (SSSR count). The molecule has 0 saturated carbocycles. The largest absolute Gasteiger partial charge is 0.573 e. The Balaban J connectivity index is 2.08. The summed E-state index contributed by atoms with van der Waals surface area (Å²) < 4.78 is 40.6. The second kappa shape index (κ2) is 7.55. The molecule has 1 N–H and O–H groups in total. The molecule has 1 aromatic carbocycles. The lowest BCUT2D eigenvalue weighted by molar-refractivity contribution is -0.274. The van der Waals surface area contributed by atoms with E-state index in [4.69, 9.17) is 0 Å². The van der Waals surface area contributed by atoms with E-state index in [-0.39, 0.29) is 11.6 Å². The minimum Gasteiger partial charge on any atom is -0.406 e. The van der Waals surface area contributed by atoms with Gasteiger partial charge in [0.25, 0.3) is 0 Å². The maximum atomic E-state index is 12.4. The summed E-state index contributed by atoms with van der Waals surface area (Å²) in [6.07, 6.45) is -2.29. The van der Waals surface area contributed by atoms with Crippen LogP contribution in [0.5, 0.6) is 5.75 Å². The summed E-state index contributed by atoms with van der Waals surface area (Å²) in [5.74, 6) is -0.921. The van der Waals surface area contributed by atoms with Gasteiger partial charge in [0, 0.05) is 24.7 Å². The van der Waals surface area contributed by atoms with Gasteiger partial charge < -0.3 is 15.0 Å². The number of hydrogen-bond donors (Lipinski definition) is 1. The topological polar surface area (TPSA) is 58.6 Å². The van der Waals surface area contributed by atoms with E-state index in [9.17, 15) is 22.8 Å². The molecule has 0 aliphatic carbocycles. The maximum Gasteiger partial charge on any atom is 0.573 e. The molecule has 0 spiro atoms. The van der Waals surface area contributed by atoms with Gasteiger partial charge in [0.2, 0.25) is 11.8 Å². The van der Waals surface area contributed by atoms with Crippen molar-refractivity contribution in [3.8, 4) is 5.75 Å². The minimum atomic E-state index is -4.80. The van der Waals surface area contributed by atoms with Crippen molar-refractivity contribution < 1.29 is 27.5 Å². The Bertz CT molecular complexity index is 604. The SMILES string of the molecule is CCC(=O)N1CCCCC1C(=O)Nc1cccc(OC(F)(F)F)c1. The van der Waals surface area contributed by atoms with Crippen molar-refractivity contribution >= 4 is 17.5 Å². The van der Waals surface area contributed by atoms with Crippen molar-refractivity contribution in [2.45, 2.75) is 45.0 Å². The highest BCUT2D eigenvalue weighted by Crippen LogP contribution is 2.26. The number of alkyl halides is 3. The highest BCUT2D eigenvalue weighted by molar-refractivity contribution is 5.97. The van der Waals surface area contributed by atoms with Crippen LogP contribution in [-0.2, 0) is 9.59 Å². The van der Waals surface area contributed by atoms with E-state index >= 15 is 0 Å². The van der Waals surface area contributed by atoms with Gasteiger partial charge in [-0.25, -0.2) is 0 Å². The summed E-state index contributed by atoms with van der Waals surface area (Å²) in [5.41, 5.74) is 0.191. The first-order chi connectivity index (χ1) is 11.3. The zero-order valence-corrected chi connectivity index (χ0v) is 13.2. The van der Waals surface area contributed by atoms with Gasteiger partial charge in [-0.1, -0.05) is 13.0 Å². The Kier molecular flexibility index (Phi) is 5.69. The van der Waals surface area contributed by atoms with E-state index in [1.807, 2.05) is 0 Å². The molecule has 0 radical (unpaired) electrons. The number of nitrogens with zero attached hydrogens (tertiary/aromatic N) is 1. The Hall–Kier alpha value is -2.25. The number of anilines is 1. The predicted octanol–water partition coefficient (Wildman–Crippen LogP) is 3.31. The van der Waals surface area contributed by atoms with Gasteiger partial charge in [0.15, 0.2) is 0 Å². The standard InChI is InChI=1S/C16H19F3N2O3/c1-2-14(22)21-9-4-3-8-13(21)15(23)20-11-6-5-7-12(10-11)24-16(17,18)19/h5-7,10,13H,2-4,8-9H2,1H3,(H,20,23). The number of likely N-dealkylation sites (tertiary alicyclic amines) is 1. The summed E-state index contributed by atoms with van der Waals surface area (Å²) in [5, 5.41) is 2.57. The number of amides is 2. The molecular weight excluding hydrogens is 325 g/mol. The first-order valence-corrected chi connectivity index (χ1v) is 7.76. The Morgan fingerprint density at radius 1 is 1.33 bits per heavy atom. The van der Waals surface area contributed by atoms with Crippen molar-refractivity contribution in [3.63, 3.8) is 0 Å². The molecule has 0 bridgehead atoms. The van der Waals surface area contributed by atoms with Crippen LogP contribution in [0.4, 0.5) is 18.9 Å². The maximum absolute atomic E-state index is 12.4. The molecule has 2 amide bonds. The number of rotatable bonds is 4. The number of carbonyl (C=O) groups is 2. The lowest BCUT2D eigenvalue weighted by Crippen LogP contribution is -2.49. The van der Waals surface area contributed by atoms with Crippen LogP contribution >= 0.6 is 0 Å². The zero-order chi connectivity index (χ0) is 17.7. The number of nitrogens with one attached hydrogen (secondary N) is 1. The zero-order valence-electron chi connectivity index (χ0n) is 13.2. The van der Waals surface area contributed by atoms with E-state index in [1.54, 1.807) is 6.92 Å². The molecular formula is C16H19F3N2O3. The summed E-state index contributed by atoms with van der Waals surface area (Å²) >= 11 is 0. The summed E-state index contributed by atoms with van der Waals surface area (Å²) in [4.78, 5) is 25.9. The highest BCUT2D eigenvalue weighted by atomic mass is 19.4. The second-order valence-corrected chi connectivity index (χ2v) is 5.52. The van der Waals surface area contributed by atoms with Crippen LogP contribution in [0.25, 0.3) is 0 Å². The van der Waals surface area contributed by atoms with Crippen LogP contribution < -0.4 is 10.1 Å². The number of ether oxygens (including phenoxy) is 1. The molecule has 24 heavy (non-hydrogen) atoms. The quantitative estimate of drug-likeness (QED) is 0.912. The monoisotopic (exact) mass is 344 g/mol. The molecule has 1 fully saturated rings. The molecule has 1 aromatic rings. The molecule has 1 aliphatic heterocycles. The van der Waals surface area contributed by atoms with Gasteiger partial charge in [0.1, 0.15) is 11.8 Å². The van der Waals surface area contributed by atoms with Crippen molar-refractivity contribution in [3.05, 3.63) is 24.3 Å². The average Bonchev–Trinajstić information content (AvgIpc) is 2.52. The number of piperidine rings is 1. The summed E-state index contributed by atoms with van der Waals surface area (Å²) in [6, 6.07) is 4.47. The molecule has 8 heteroatoms. The van der Waals surface area contributed by atoms with Crippen LogP contribution in [0.15, 0.2) is 24.3 Å². The van der Waals surface area contributed by atoms with Crippen molar-refractivity contribution in [2.24, 2.45) is 0 Å². The van der Waals surface area contributed by atoms with Crippen LogP contribution in [0, 0.1) is 0 Å². The van der Waals surface area contributed by atoms with Crippen LogP contribution in [-0.4, -0.2) is 35.7 Å². The fourth-order valence-electron chi connectivity index (χ4n) is 2.70. The minimum absolute atomic E-state index is 0.107. The summed E-state index contributed by atoms with van der Waals surface area (Å²) in [7, 11) is 0. The second-order valence-electron chi connectivity index (χ2n) is 5.52. The molecule has 1 aliphatic rings. The molecule has 0 aromatic heterocycles. The third-order valence-corrected chi connectivity index (χ3v) is 3.76. The predicted molar refractivity (Wildman–Crippen MR) is 81.4 cm³/mol. The van der Waals surface area contributed by atoms with E-state index in [0.717, 1.165) is 25.0 Å². The van der Waals surface area contributed by atoms with E-state index in [0.29, 0.717) is 19.4 Å². The Labute approximate surface area is 137 Å². The van der Waals surface area contributed by atoms with Crippen molar-refractivity contribution in [2.75, 3.05) is 11.9 Å². The van der Waals surface area contributed by atoms with Gasteiger partial charge in [-0.05, 0) is 31.4 Å². The van der Waals surface area contributed by atoms with Gasteiger partial charge >= 0.3 is 6.36 Å². The fourth-order valence-corrected chi connectivity index (χ4v) is 2.70. The normalized spacial score (nSPS) is 18.2. The highest BCUT2D eigenvalue weighted by Gasteiger charge is 2.32. The van der Waals surface area contributed by atoms with Gasteiger partial charge in [-0.15, -0.1) is 13.2 Å². The third kappa shape index (κ3) is 4.87. The van der Waals surface area contributed by atoms with Crippen LogP contribution in [0.3, 0.4) is 0 Å². The summed E-state index contributed by atoms with van der Waals surface area (Å²) in [6.45, 7) is 2.24. The van der Waals surface area contributed by atoms with E-state index < -0.39 is 24.1 Å². The first-order valence-electron chi connectivity index (χ1n) is 7.76. The van der Waals surface area contributed by atoms with Crippen LogP contribution in [0.1, 0.15) is 32.6 Å². The number of hydrogen-bond acceptors (Lipinski definition) is 3. The van der Waals surface area contributed by atoms with Crippen molar-refractivity contribution in [1.29, 1.82) is 0 Å². The van der Waals surface area contributed by atoms with E-state index in [1.165, 1.54) is 17.0 Å². The van der Waals surface area contributed by atoms with E-state index in [2.05, 4.69) is 10.1 Å². The molecule has 1 heterocycles.